The number of nitrogens with zero attached hydrogens (tertiary/aromatic N) is 4. The summed E-state index contributed by atoms with van der Waals surface area (Å²) in [5.41, 5.74) is 0. The van der Waals surface area contributed by atoms with E-state index < -0.39 is 12.3 Å². The first kappa shape index (κ1) is 15.4. The van der Waals surface area contributed by atoms with E-state index in [1.165, 1.54) is 21.1 Å². The lowest BCUT2D eigenvalue weighted by molar-refractivity contribution is 0.183. The van der Waals surface area contributed by atoms with Crippen molar-refractivity contribution in [1.82, 2.24) is 15.1 Å². The van der Waals surface area contributed by atoms with Crippen molar-refractivity contribution in [3.05, 3.63) is 48.0 Å². The van der Waals surface area contributed by atoms with Crippen LogP contribution in [0.15, 0.2) is 43.0 Å². The second kappa shape index (κ2) is 6.35. The van der Waals surface area contributed by atoms with E-state index in [0.29, 0.717) is 15.9 Å². The molecule has 1 aliphatic rings. The summed E-state index contributed by atoms with van der Waals surface area (Å²) in [5, 5.41) is 18.9. The van der Waals surface area contributed by atoms with Gasteiger partial charge in [-0.25, -0.2) is 9.69 Å². The smallest absolute Gasteiger partial charge is 0.328 e. The molecule has 120 valence electrons. The Kier molecular flexibility index (Phi) is 4.26. The average Bonchev–Trinajstić information content (AvgIpc) is 3.11. The molecule has 2 aromatic rings. The quantitative estimate of drug-likeness (QED) is 0.848. The zero-order chi connectivity index (χ0) is 16.4. The Balaban J connectivity index is 1.80. The highest BCUT2D eigenvalue weighted by Gasteiger charge is 2.37. The molecule has 2 unspecified atom stereocenters. The van der Waals surface area contributed by atoms with Gasteiger partial charge in [-0.2, -0.15) is 0 Å². The Morgan fingerprint density at radius 3 is 2.78 bits per heavy atom. The number of aliphatic hydroxyl groups excluding tert-OH is 1. The van der Waals surface area contributed by atoms with E-state index >= 15 is 0 Å². The number of likely N-dealkylation sites (N-methyl/N-ethyl adjacent to an activating group) is 1. The van der Waals surface area contributed by atoms with Gasteiger partial charge in [0.1, 0.15) is 5.75 Å². The van der Waals surface area contributed by atoms with Crippen LogP contribution in [-0.2, 0) is 0 Å². The summed E-state index contributed by atoms with van der Waals surface area (Å²) in [6, 6.07) is 9.00. The number of hydrogen-bond acceptors (Lipinski definition) is 6. The SMILES string of the molecule is C=CC(Oc1ccccc1)c1nnc(N2C(=O)N(C)CC2O)s1. The second-order valence-corrected chi connectivity index (χ2v) is 6.01. The maximum absolute atomic E-state index is 12.0. The second-order valence-electron chi connectivity index (χ2n) is 5.02. The first-order valence-corrected chi connectivity index (χ1v) is 7.82. The molecule has 2 atom stereocenters. The van der Waals surface area contributed by atoms with Gasteiger partial charge in [0.2, 0.25) is 5.13 Å². The van der Waals surface area contributed by atoms with E-state index in [4.69, 9.17) is 4.74 Å². The van der Waals surface area contributed by atoms with Crippen LogP contribution in [-0.4, -0.2) is 46.1 Å². The molecular formula is C15H16N4O3S. The van der Waals surface area contributed by atoms with Crippen molar-refractivity contribution in [1.29, 1.82) is 0 Å². The number of para-hydroxylation sites is 1. The zero-order valence-corrected chi connectivity index (χ0v) is 13.3. The summed E-state index contributed by atoms with van der Waals surface area (Å²) in [4.78, 5) is 14.7. The first-order valence-electron chi connectivity index (χ1n) is 7.00. The molecule has 1 saturated heterocycles. The number of aliphatic hydroxyl groups is 1. The molecule has 2 heterocycles. The van der Waals surface area contributed by atoms with Crippen molar-refractivity contribution in [2.45, 2.75) is 12.3 Å². The van der Waals surface area contributed by atoms with Crippen LogP contribution in [0.4, 0.5) is 9.93 Å². The molecule has 2 amide bonds. The van der Waals surface area contributed by atoms with Gasteiger partial charge < -0.3 is 14.7 Å². The first-order chi connectivity index (χ1) is 11.1. The van der Waals surface area contributed by atoms with Gasteiger partial charge >= 0.3 is 6.03 Å². The molecule has 0 saturated carbocycles. The van der Waals surface area contributed by atoms with Gasteiger partial charge in [-0.1, -0.05) is 36.1 Å². The fourth-order valence-corrected chi connectivity index (χ4v) is 3.12. The predicted molar refractivity (Wildman–Crippen MR) is 86.4 cm³/mol. The van der Waals surface area contributed by atoms with E-state index in [-0.39, 0.29) is 12.6 Å². The number of β-amino-alcohol motifs (C(OH)–C–C–N with tert-alkyl or cyclic N) is 1. The summed E-state index contributed by atoms with van der Waals surface area (Å²) >= 11 is 1.19. The van der Waals surface area contributed by atoms with Crippen molar-refractivity contribution in [2.75, 3.05) is 18.5 Å². The van der Waals surface area contributed by atoms with E-state index in [2.05, 4.69) is 16.8 Å². The highest BCUT2D eigenvalue weighted by molar-refractivity contribution is 7.15. The summed E-state index contributed by atoms with van der Waals surface area (Å²) in [6.07, 6.45) is 0.216. The lowest BCUT2D eigenvalue weighted by Gasteiger charge is -2.15. The Morgan fingerprint density at radius 1 is 1.43 bits per heavy atom. The van der Waals surface area contributed by atoms with Crippen molar-refractivity contribution in [2.24, 2.45) is 0 Å². The number of aromatic nitrogens is 2. The van der Waals surface area contributed by atoms with Crippen LogP contribution in [0.5, 0.6) is 5.75 Å². The van der Waals surface area contributed by atoms with E-state index in [9.17, 15) is 9.90 Å². The molecule has 3 rings (SSSR count). The molecule has 1 aromatic carbocycles. The standard InChI is InChI=1S/C15H16N4O3S/c1-3-11(22-10-7-5-4-6-8-10)13-16-17-14(23-13)19-12(20)9-18(2)15(19)21/h3-8,11-12,20H,1,9H2,2H3. The summed E-state index contributed by atoms with van der Waals surface area (Å²) in [7, 11) is 1.62. The van der Waals surface area contributed by atoms with Gasteiger partial charge in [-0.15, -0.1) is 10.2 Å². The molecule has 0 aliphatic carbocycles. The number of rotatable bonds is 5. The van der Waals surface area contributed by atoms with Gasteiger partial charge in [-0.3, -0.25) is 0 Å². The van der Waals surface area contributed by atoms with Crippen LogP contribution in [0.1, 0.15) is 11.1 Å². The van der Waals surface area contributed by atoms with Gasteiger partial charge in [0.15, 0.2) is 17.3 Å². The fourth-order valence-electron chi connectivity index (χ4n) is 2.21. The van der Waals surface area contributed by atoms with Crippen LogP contribution in [0, 0.1) is 0 Å². The molecule has 23 heavy (non-hydrogen) atoms. The predicted octanol–water partition coefficient (Wildman–Crippen LogP) is 2.03. The third-order valence-electron chi connectivity index (χ3n) is 3.37. The molecule has 1 aromatic heterocycles. The largest absolute Gasteiger partial charge is 0.479 e. The van der Waals surface area contributed by atoms with Crippen LogP contribution in [0.3, 0.4) is 0 Å². The lowest BCUT2D eigenvalue weighted by atomic mass is 10.3. The molecule has 8 heteroatoms. The molecule has 7 nitrogen and oxygen atoms in total. The van der Waals surface area contributed by atoms with Crippen LogP contribution in [0.2, 0.25) is 0 Å². The molecule has 0 bridgehead atoms. The minimum absolute atomic E-state index is 0.235. The van der Waals surface area contributed by atoms with Crippen LogP contribution in [0.25, 0.3) is 0 Å². The summed E-state index contributed by atoms with van der Waals surface area (Å²) in [6.45, 7) is 3.99. The highest BCUT2D eigenvalue weighted by atomic mass is 32.1. The number of amides is 2. The maximum Gasteiger partial charge on any atom is 0.328 e. The molecule has 1 aliphatic heterocycles. The fraction of sp³-hybridized carbons (Fsp3) is 0.267. The molecule has 0 radical (unpaired) electrons. The minimum Gasteiger partial charge on any atom is -0.479 e. The van der Waals surface area contributed by atoms with Crippen molar-refractivity contribution < 1.29 is 14.6 Å². The van der Waals surface area contributed by atoms with E-state index in [1.54, 1.807) is 13.1 Å². The number of carbonyl (C=O) groups excluding carboxylic acids is 1. The van der Waals surface area contributed by atoms with Gasteiger partial charge in [0.25, 0.3) is 0 Å². The normalized spacial score (nSPS) is 19.0. The maximum atomic E-state index is 12.0. The number of benzene rings is 1. The van der Waals surface area contributed by atoms with Crippen molar-refractivity contribution in [3.63, 3.8) is 0 Å². The molecule has 1 fully saturated rings. The number of hydrogen-bond donors (Lipinski definition) is 1. The Bertz CT molecular complexity index is 706. The highest BCUT2D eigenvalue weighted by Crippen LogP contribution is 2.31. The van der Waals surface area contributed by atoms with Gasteiger partial charge in [-0.05, 0) is 18.2 Å². The number of ether oxygens (including phenoxy) is 1. The Labute approximate surface area is 137 Å². The molecule has 1 N–H and O–H groups in total. The number of urea groups is 1. The van der Waals surface area contributed by atoms with Gasteiger partial charge in [0, 0.05) is 7.05 Å². The summed E-state index contributed by atoms with van der Waals surface area (Å²) in [5.74, 6) is 0.686. The number of carbonyl (C=O) groups is 1. The van der Waals surface area contributed by atoms with Crippen molar-refractivity contribution >= 4 is 22.5 Å². The van der Waals surface area contributed by atoms with Gasteiger partial charge in [0.05, 0.1) is 6.54 Å². The zero-order valence-electron chi connectivity index (χ0n) is 12.5. The number of anilines is 1. The van der Waals surface area contributed by atoms with Crippen LogP contribution >= 0.6 is 11.3 Å². The average molecular weight is 332 g/mol. The Morgan fingerprint density at radius 2 is 2.17 bits per heavy atom. The van der Waals surface area contributed by atoms with E-state index in [1.807, 2.05) is 30.3 Å². The van der Waals surface area contributed by atoms with Crippen LogP contribution < -0.4 is 9.64 Å². The minimum atomic E-state index is -0.925. The molecular weight excluding hydrogens is 316 g/mol. The third-order valence-corrected chi connectivity index (χ3v) is 4.35. The third kappa shape index (κ3) is 3.03. The lowest BCUT2D eigenvalue weighted by Crippen LogP contribution is -2.34. The topological polar surface area (TPSA) is 78.8 Å². The Hall–Kier alpha value is -2.45. The summed E-state index contributed by atoms with van der Waals surface area (Å²) < 4.78 is 5.81. The molecule has 0 spiro atoms. The van der Waals surface area contributed by atoms with Crippen molar-refractivity contribution in [3.8, 4) is 5.75 Å². The monoisotopic (exact) mass is 332 g/mol. The van der Waals surface area contributed by atoms with E-state index in [0.717, 1.165) is 0 Å².